The van der Waals surface area contributed by atoms with E-state index >= 15 is 0 Å². The van der Waals surface area contributed by atoms with Crippen LogP contribution in [0.25, 0.3) is 11.1 Å². The van der Waals surface area contributed by atoms with Gasteiger partial charge >= 0.3 is 0 Å². The molecule has 0 aromatic heterocycles. The van der Waals surface area contributed by atoms with Crippen LogP contribution in [0.15, 0.2) is 48.5 Å². The van der Waals surface area contributed by atoms with E-state index in [1.807, 2.05) is 12.1 Å². The topological polar surface area (TPSA) is 55.1 Å². The van der Waals surface area contributed by atoms with Crippen molar-refractivity contribution >= 4 is 18.3 Å². The molecular weight excluding hydrogens is 296 g/mol. The van der Waals surface area contributed by atoms with Crippen LogP contribution in [0.1, 0.15) is 34.7 Å². The molecule has 3 N–H and O–H groups in total. The first-order valence-electron chi connectivity index (χ1n) is 7.45. The summed E-state index contributed by atoms with van der Waals surface area (Å²) in [6, 6.07) is 16.2. The molecule has 22 heavy (non-hydrogen) atoms. The van der Waals surface area contributed by atoms with Crippen molar-refractivity contribution in [1.82, 2.24) is 5.32 Å². The van der Waals surface area contributed by atoms with E-state index in [2.05, 4.69) is 29.6 Å². The first kappa shape index (κ1) is 16.5. The third kappa shape index (κ3) is 3.67. The van der Waals surface area contributed by atoms with E-state index in [9.17, 15) is 4.79 Å². The molecule has 0 radical (unpaired) electrons. The van der Waals surface area contributed by atoms with Crippen molar-refractivity contribution in [2.45, 2.75) is 18.8 Å². The average molecular weight is 317 g/mol. The molecule has 0 aliphatic carbocycles. The number of nitrogens with one attached hydrogen (secondary N) is 1. The maximum atomic E-state index is 11.1. The van der Waals surface area contributed by atoms with E-state index < -0.39 is 0 Å². The highest BCUT2D eigenvalue weighted by atomic mass is 35.5. The predicted octanol–water partition coefficient (Wildman–Crippen LogP) is 3.34. The van der Waals surface area contributed by atoms with Crippen LogP contribution in [-0.2, 0) is 0 Å². The van der Waals surface area contributed by atoms with Gasteiger partial charge in [-0.3, -0.25) is 4.79 Å². The molecule has 0 spiro atoms. The second kappa shape index (κ2) is 7.43. The lowest BCUT2D eigenvalue weighted by molar-refractivity contribution is 0.100. The highest BCUT2D eigenvalue weighted by molar-refractivity contribution is 5.93. The maximum Gasteiger partial charge on any atom is 0.248 e. The van der Waals surface area contributed by atoms with Crippen LogP contribution >= 0.6 is 12.4 Å². The summed E-state index contributed by atoms with van der Waals surface area (Å²) < 4.78 is 0. The van der Waals surface area contributed by atoms with Crippen LogP contribution in [0.4, 0.5) is 0 Å². The molecule has 0 saturated carbocycles. The molecule has 4 heteroatoms. The van der Waals surface area contributed by atoms with Gasteiger partial charge in [-0.2, -0.15) is 0 Å². The van der Waals surface area contributed by atoms with Crippen molar-refractivity contribution in [3.63, 3.8) is 0 Å². The summed E-state index contributed by atoms with van der Waals surface area (Å²) in [7, 11) is 0. The summed E-state index contributed by atoms with van der Waals surface area (Å²) in [5.41, 5.74) is 9.56. The molecule has 1 saturated heterocycles. The Labute approximate surface area is 137 Å². The summed E-state index contributed by atoms with van der Waals surface area (Å²) >= 11 is 0. The Bertz CT molecular complexity index is 634. The third-order valence-electron chi connectivity index (χ3n) is 4.20. The van der Waals surface area contributed by atoms with Crippen molar-refractivity contribution in [3.8, 4) is 11.1 Å². The Morgan fingerprint density at radius 1 is 1.00 bits per heavy atom. The van der Waals surface area contributed by atoms with Crippen molar-refractivity contribution in [3.05, 3.63) is 59.7 Å². The number of primary amides is 1. The molecule has 1 heterocycles. The van der Waals surface area contributed by atoms with E-state index in [1.165, 1.54) is 24.0 Å². The largest absolute Gasteiger partial charge is 0.366 e. The number of nitrogens with two attached hydrogens (primary N) is 1. The normalized spacial score (nSPS) is 15.1. The fraction of sp³-hybridized carbons (Fsp3) is 0.278. The van der Waals surface area contributed by atoms with Gasteiger partial charge in [-0.1, -0.05) is 36.4 Å². The van der Waals surface area contributed by atoms with Gasteiger partial charge in [0.1, 0.15) is 0 Å². The van der Waals surface area contributed by atoms with Crippen LogP contribution in [0, 0.1) is 0 Å². The average Bonchev–Trinajstić information content (AvgIpc) is 2.56. The minimum absolute atomic E-state index is 0. The van der Waals surface area contributed by atoms with Crippen molar-refractivity contribution in [1.29, 1.82) is 0 Å². The lowest BCUT2D eigenvalue weighted by Crippen LogP contribution is -2.26. The summed E-state index contributed by atoms with van der Waals surface area (Å²) in [5, 5.41) is 3.40. The maximum absolute atomic E-state index is 11.1. The van der Waals surface area contributed by atoms with Crippen molar-refractivity contribution < 1.29 is 4.79 Å². The fourth-order valence-electron chi connectivity index (χ4n) is 2.95. The number of piperidine rings is 1. The highest BCUT2D eigenvalue weighted by Crippen LogP contribution is 2.29. The Balaban J connectivity index is 0.00000176. The number of hydrogen-bond acceptors (Lipinski definition) is 2. The lowest BCUT2D eigenvalue weighted by atomic mass is 9.88. The number of rotatable bonds is 3. The van der Waals surface area contributed by atoms with Gasteiger partial charge < -0.3 is 11.1 Å². The minimum atomic E-state index is -0.384. The van der Waals surface area contributed by atoms with Crippen LogP contribution < -0.4 is 11.1 Å². The number of hydrogen-bond donors (Lipinski definition) is 2. The molecule has 0 bridgehead atoms. The summed E-state index contributed by atoms with van der Waals surface area (Å²) in [5.74, 6) is 0.265. The van der Waals surface area contributed by atoms with E-state index in [0.29, 0.717) is 11.5 Å². The Morgan fingerprint density at radius 3 is 2.32 bits per heavy atom. The first-order chi connectivity index (χ1) is 10.2. The lowest BCUT2D eigenvalue weighted by Gasteiger charge is -2.23. The Kier molecular flexibility index (Phi) is 5.58. The van der Waals surface area contributed by atoms with E-state index in [1.54, 1.807) is 12.1 Å². The smallest absolute Gasteiger partial charge is 0.248 e. The van der Waals surface area contributed by atoms with Gasteiger partial charge in [-0.25, -0.2) is 0 Å². The van der Waals surface area contributed by atoms with E-state index in [4.69, 9.17) is 5.73 Å². The van der Waals surface area contributed by atoms with Gasteiger partial charge in [0.25, 0.3) is 0 Å². The van der Waals surface area contributed by atoms with E-state index in [0.717, 1.165) is 18.7 Å². The number of halogens is 1. The van der Waals surface area contributed by atoms with Crippen LogP contribution in [0.5, 0.6) is 0 Å². The van der Waals surface area contributed by atoms with Crippen LogP contribution in [0.2, 0.25) is 0 Å². The molecule has 1 fully saturated rings. The number of carbonyl (C=O) groups excluding carboxylic acids is 1. The number of amides is 1. The predicted molar refractivity (Wildman–Crippen MR) is 92.5 cm³/mol. The zero-order valence-corrected chi connectivity index (χ0v) is 13.2. The molecule has 0 atom stereocenters. The summed E-state index contributed by atoms with van der Waals surface area (Å²) in [6.45, 7) is 2.20. The zero-order chi connectivity index (χ0) is 14.7. The quantitative estimate of drug-likeness (QED) is 0.912. The molecule has 3 rings (SSSR count). The number of benzene rings is 2. The molecule has 2 aromatic rings. The summed E-state index contributed by atoms with van der Waals surface area (Å²) in [6.07, 6.45) is 2.40. The molecule has 1 amide bonds. The first-order valence-corrected chi connectivity index (χ1v) is 7.45. The second-order valence-electron chi connectivity index (χ2n) is 5.59. The monoisotopic (exact) mass is 316 g/mol. The number of carbonyl (C=O) groups is 1. The molecule has 0 unspecified atom stereocenters. The molecular formula is C18H21ClN2O. The second-order valence-corrected chi connectivity index (χ2v) is 5.59. The van der Waals surface area contributed by atoms with Crippen LogP contribution in [0.3, 0.4) is 0 Å². The van der Waals surface area contributed by atoms with Gasteiger partial charge in [-0.15, -0.1) is 12.4 Å². The van der Waals surface area contributed by atoms with Gasteiger partial charge in [-0.05, 0) is 60.7 Å². The Hall–Kier alpha value is -1.84. The van der Waals surface area contributed by atoms with Gasteiger partial charge in [0, 0.05) is 5.56 Å². The molecule has 2 aromatic carbocycles. The third-order valence-corrected chi connectivity index (χ3v) is 4.20. The standard InChI is InChI=1S/C18H20N2O.ClH/c19-18(21)15-6-4-13(5-7-15)16-2-1-3-17(12-16)14-8-10-20-11-9-14;/h1-7,12,14,20H,8-11H2,(H2,19,21);1H. The molecule has 3 nitrogen and oxygen atoms in total. The van der Waals surface area contributed by atoms with Gasteiger partial charge in [0.15, 0.2) is 0 Å². The fourth-order valence-corrected chi connectivity index (χ4v) is 2.95. The zero-order valence-electron chi connectivity index (χ0n) is 12.4. The van der Waals surface area contributed by atoms with Crippen LogP contribution in [-0.4, -0.2) is 19.0 Å². The molecule has 1 aliphatic heterocycles. The van der Waals surface area contributed by atoms with Crippen molar-refractivity contribution in [2.75, 3.05) is 13.1 Å². The summed E-state index contributed by atoms with van der Waals surface area (Å²) in [4.78, 5) is 11.1. The molecule has 1 aliphatic rings. The van der Waals surface area contributed by atoms with Gasteiger partial charge in [0.05, 0.1) is 0 Å². The van der Waals surface area contributed by atoms with E-state index in [-0.39, 0.29) is 18.3 Å². The van der Waals surface area contributed by atoms with Crippen molar-refractivity contribution in [2.24, 2.45) is 5.73 Å². The Morgan fingerprint density at radius 2 is 1.68 bits per heavy atom. The van der Waals surface area contributed by atoms with Gasteiger partial charge in [0.2, 0.25) is 5.91 Å². The molecule has 116 valence electrons. The minimum Gasteiger partial charge on any atom is -0.366 e. The SMILES string of the molecule is Cl.NC(=O)c1ccc(-c2cccc(C3CCNCC3)c2)cc1. The highest BCUT2D eigenvalue weighted by Gasteiger charge is 2.15.